The summed E-state index contributed by atoms with van der Waals surface area (Å²) in [6.07, 6.45) is 0.562. The number of rotatable bonds is 8. The fourth-order valence-electron chi connectivity index (χ4n) is 2.04. The molecular weight excluding hydrogens is 272 g/mol. The molecule has 0 bridgehead atoms. The molecule has 0 rings (SSSR count). The van der Waals surface area contributed by atoms with Crippen molar-refractivity contribution in [1.82, 2.24) is 10.6 Å². The summed E-state index contributed by atoms with van der Waals surface area (Å²) in [6, 6.07) is -0.505. The lowest BCUT2D eigenvalue weighted by Gasteiger charge is -2.29. The minimum Gasteiger partial charge on any atom is -0.457 e. The second-order valence-corrected chi connectivity index (χ2v) is 5.28. The van der Waals surface area contributed by atoms with E-state index in [9.17, 15) is 14.4 Å². The van der Waals surface area contributed by atoms with E-state index >= 15 is 0 Å². The summed E-state index contributed by atoms with van der Waals surface area (Å²) in [7, 11) is 0. The zero-order chi connectivity index (χ0) is 16.6. The third-order valence-corrected chi connectivity index (χ3v) is 2.90. The number of carbonyl (C=O) groups excluding carboxylic acids is 3. The molecule has 0 saturated heterocycles. The summed E-state index contributed by atoms with van der Waals surface area (Å²) in [4.78, 5) is 34.1. The molecule has 0 aliphatic rings. The van der Waals surface area contributed by atoms with E-state index in [0.717, 1.165) is 0 Å². The zero-order valence-electron chi connectivity index (χ0n) is 13.5. The zero-order valence-corrected chi connectivity index (χ0v) is 13.5. The maximum Gasteiger partial charge on any atom is 0.333 e. The molecule has 0 heterocycles. The van der Waals surface area contributed by atoms with Gasteiger partial charge in [0, 0.05) is 25.5 Å². The lowest BCUT2D eigenvalue weighted by Crippen LogP contribution is -2.48. The van der Waals surface area contributed by atoms with Gasteiger partial charge < -0.3 is 15.4 Å². The Bertz CT molecular complexity index is 406. The molecule has 3 unspecified atom stereocenters. The molecule has 0 aromatic carbocycles. The van der Waals surface area contributed by atoms with Gasteiger partial charge in [0.1, 0.15) is 6.10 Å². The molecule has 0 fully saturated rings. The highest BCUT2D eigenvalue weighted by Crippen LogP contribution is 2.13. The van der Waals surface area contributed by atoms with Crippen LogP contribution in [-0.2, 0) is 19.1 Å². The first-order chi connectivity index (χ1) is 9.67. The molecule has 2 amide bonds. The van der Waals surface area contributed by atoms with E-state index in [4.69, 9.17) is 4.74 Å². The van der Waals surface area contributed by atoms with Crippen LogP contribution < -0.4 is 10.6 Å². The quantitative estimate of drug-likeness (QED) is 0.522. The average molecular weight is 298 g/mol. The van der Waals surface area contributed by atoms with Crippen LogP contribution in [0.25, 0.3) is 0 Å². The van der Waals surface area contributed by atoms with Crippen molar-refractivity contribution in [3.63, 3.8) is 0 Å². The van der Waals surface area contributed by atoms with E-state index in [0.29, 0.717) is 18.4 Å². The summed E-state index contributed by atoms with van der Waals surface area (Å²) in [5, 5.41) is 5.54. The average Bonchev–Trinajstić information content (AvgIpc) is 2.32. The third kappa shape index (κ3) is 8.12. The van der Waals surface area contributed by atoms with Crippen molar-refractivity contribution in [1.29, 1.82) is 0 Å². The van der Waals surface area contributed by atoms with Crippen LogP contribution in [0.15, 0.2) is 12.2 Å². The maximum absolute atomic E-state index is 11.7. The van der Waals surface area contributed by atoms with Crippen molar-refractivity contribution >= 4 is 17.8 Å². The number of ether oxygens (including phenoxy) is 1. The van der Waals surface area contributed by atoms with Crippen molar-refractivity contribution in [2.75, 3.05) is 0 Å². The summed E-state index contributed by atoms with van der Waals surface area (Å²) in [5.74, 6) is -0.833. The van der Waals surface area contributed by atoms with Gasteiger partial charge in [-0.05, 0) is 26.7 Å². The minimum absolute atomic E-state index is 0.142. The maximum atomic E-state index is 11.7. The molecule has 120 valence electrons. The third-order valence-electron chi connectivity index (χ3n) is 2.90. The number of hydrogen-bond acceptors (Lipinski definition) is 4. The van der Waals surface area contributed by atoms with Crippen LogP contribution in [0.3, 0.4) is 0 Å². The van der Waals surface area contributed by atoms with E-state index < -0.39 is 12.1 Å². The van der Waals surface area contributed by atoms with Gasteiger partial charge in [-0.3, -0.25) is 9.59 Å². The molecule has 2 N–H and O–H groups in total. The van der Waals surface area contributed by atoms with Gasteiger partial charge in [0.25, 0.3) is 0 Å². The Morgan fingerprint density at radius 2 is 1.62 bits per heavy atom. The van der Waals surface area contributed by atoms with E-state index in [1.165, 1.54) is 13.8 Å². The van der Waals surface area contributed by atoms with E-state index in [1.54, 1.807) is 6.92 Å². The normalized spacial score (nSPS) is 14.5. The van der Waals surface area contributed by atoms with Gasteiger partial charge in [-0.25, -0.2) is 4.79 Å². The Morgan fingerprint density at radius 3 is 2.00 bits per heavy atom. The molecule has 6 heteroatoms. The monoisotopic (exact) mass is 298 g/mol. The van der Waals surface area contributed by atoms with Crippen LogP contribution in [0.1, 0.15) is 47.5 Å². The highest BCUT2D eigenvalue weighted by molar-refractivity contribution is 5.87. The lowest BCUT2D eigenvalue weighted by atomic mass is 10.0. The minimum atomic E-state index is -0.482. The molecule has 0 saturated carbocycles. The second kappa shape index (κ2) is 9.15. The van der Waals surface area contributed by atoms with Crippen LogP contribution in [0.4, 0.5) is 0 Å². The van der Waals surface area contributed by atoms with Gasteiger partial charge in [0.2, 0.25) is 11.8 Å². The second-order valence-electron chi connectivity index (χ2n) is 5.28. The van der Waals surface area contributed by atoms with Crippen LogP contribution in [-0.4, -0.2) is 36.0 Å². The fraction of sp³-hybridized carbons (Fsp3) is 0.667. The number of hydrogen-bond donors (Lipinski definition) is 2. The smallest absolute Gasteiger partial charge is 0.333 e. The topological polar surface area (TPSA) is 84.5 Å². The molecule has 0 aliphatic heterocycles. The summed E-state index contributed by atoms with van der Waals surface area (Å²) in [6.45, 7) is 11.7. The van der Waals surface area contributed by atoms with E-state index in [1.807, 2.05) is 13.8 Å². The largest absolute Gasteiger partial charge is 0.457 e. The molecule has 0 aromatic rings. The van der Waals surface area contributed by atoms with Crippen molar-refractivity contribution in [2.45, 2.75) is 65.6 Å². The number of nitrogens with one attached hydrogen (secondary N) is 2. The highest BCUT2D eigenvalue weighted by atomic mass is 16.5. The van der Waals surface area contributed by atoms with Crippen molar-refractivity contribution in [3.05, 3.63) is 12.2 Å². The van der Waals surface area contributed by atoms with Gasteiger partial charge in [-0.15, -0.1) is 0 Å². The SMILES string of the molecule is C=C(C)C(=O)OC(CC)C(CC(C)NC(C)=O)NC(C)=O. The van der Waals surface area contributed by atoms with Crippen molar-refractivity contribution in [2.24, 2.45) is 0 Å². The van der Waals surface area contributed by atoms with E-state index in [2.05, 4.69) is 17.2 Å². The number of amides is 2. The van der Waals surface area contributed by atoms with Gasteiger partial charge in [-0.2, -0.15) is 0 Å². The van der Waals surface area contributed by atoms with Crippen LogP contribution in [0, 0.1) is 0 Å². The molecule has 0 radical (unpaired) electrons. The molecule has 0 spiro atoms. The predicted molar refractivity (Wildman–Crippen MR) is 80.5 cm³/mol. The summed E-state index contributed by atoms with van der Waals surface area (Å²) in [5.41, 5.74) is 0.310. The van der Waals surface area contributed by atoms with Crippen LogP contribution >= 0.6 is 0 Å². The summed E-state index contributed by atoms with van der Waals surface area (Å²) < 4.78 is 5.36. The molecule has 3 atom stereocenters. The van der Waals surface area contributed by atoms with Crippen LogP contribution in [0.5, 0.6) is 0 Å². The molecular formula is C15H26N2O4. The van der Waals surface area contributed by atoms with Gasteiger partial charge in [-0.1, -0.05) is 13.5 Å². The number of esters is 1. The predicted octanol–water partition coefficient (Wildman–Crippen LogP) is 1.30. The Hall–Kier alpha value is -1.85. The fourth-order valence-corrected chi connectivity index (χ4v) is 2.04. The summed E-state index contributed by atoms with van der Waals surface area (Å²) >= 11 is 0. The first-order valence-electron chi connectivity index (χ1n) is 7.08. The molecule has 0 aromatic heterocycles. The Morgan fingerprint density at radius 1 is 1.10 bits per heavy atom. The van der Waals surface area contributed by atoms with Gasteiger partial charge in [0.15, 0.2) is 0 Å². The molecule has 21 heavy (non-hydrogen) atoms. The molecule has 0 aliphatic carbocycles. The van der Waals surface area contributed by atoms with Gasteiger partial charge in [0.05, 0.1) is 6.04 Å². The van der Waals surface area contributed by atoms with E-state index in [-0.39, 0.29) is 23.9 Å². The Labute approximate surface area is 126 Å². The number of carbonyl (C=O) groups is 3. The van der Waals surface area contributed by atoms with Gasteiger partial charge >= 0.3 is 5.97 Å². The van der Waals surface area contributed by atoms with Crippen molar-refractivity contribution in [3.8, 4) is 0 Å². The van der Waals surface area contributed by atoms with Crippen LogP contribution in [0.2, 0.25) is 0 Å². The standard InChI is InChI=1S/C15H26N2O4/c1-7-14(21-15(20)9(2)3)13(17-12(6)19)8-10(4)16-11(5)18/h10,13-14H,2,7-8H2,1,3-6H3,(H,16,18)(H,17,19). The van der Waals surface area contributed by atoms with Crippen molar-refractivity contribution < 1.29 is 19.1 Å². The lowest BCUT2D eigenvalue weighted by molar-refractivity contribution is -0.147. The Kier molecular flexibility index (Phi) is 8.35. The molecule has 6 nitrogen and oxygen atoms in total. The first-order valence-corrected chi connectivity index (χ1v) is 7.08. The highest BCUT2D eigenvalue weighted by Gasteiger charge is 2.26. The Balaban J connectivity index is 4.90. The first kappa shape index (κ1) is 19.1.